The van der Waals surface area contributed by atoms with Crippen LogP contribution in [0, 0.1) is 0 Å². The third-order valence-corrected chi connectivity index (χ3v) is 3.85. The number of rotatable bonds is 5. The molecule has 0 radical (unpaired) electrons. The molecule has 5 nitrogen and oxygen atoms in total. The first-order valence-electron chi connectivity index (χ1n) is 7.67. The molecular formula is C16H25N3O2. The number of nitrogens with zero attached hydrogens (tertiary/aromatic N) is 2. The molecule has 0 saturated carbocycles. The highest BCUT2D eigenvalue weighted by Crippen LogP contribution is 2.15. The molecular weight excluding hydrogens is 266 g/mol. The van der Waals surface area contributed by atoms with Crippen LogP contribution in [0.3, 0.4) is 0 Å². The van der Waals surface area contributed by atoms with Crippen LogP contribution in [0.15, 0.2) is 30.3 Å². The molecule has 0 spiro atoms. The minimum absolute atomic E-state index is 0.00755. The molecule has 2 amide bonds. The molecule has 1 atom stereocenters. The highest BCUT2D eigenvalue weighted by atomic mass is 16.3. The molecule has 0 bridgehead atoms. The normalized spacial score (nSPS) is 16.7. The Morgan fingerprint density at radius 3 is 2.52 bits per heavy atom. The van der Waals surface area contributed by atoms with Crippen molar-refractivity contribution in [3.05, 3.63) is 30.3 Å². The van der Waals surface area contributed by atoms with Crippen molar-refractivity contribution in [2.24, 2.45) is 0 Å². The van der Waals surface area contributed by atoms with Crippen LogP contribution in [0.4, 0.5) is 10.5 Å². The second kappa shape index (κ2) is 7.88. The standard InChI is InChI=1S/C16H25N3O2/c1-14(6-5-13-20)17-16(21)19-11-9-18(10-12-19)15-7-3-2-4-8-15/h2-4,7-8,14,20H,5-6,9-13H2,1H3,(H,17,21). The van der Waals surface area contributed by atoms with E-state index in [-0.39, 0.29) is 18.7 Å². The number of benzene rings is 1. The summed E-state index contributed by atoms with van der Waals surface area (Å²) in [7, 11) is 0. The van der Waals surface area contributed by atoms with Gasteiger partial charge in [0.05, 0.1) is 0 Å². The molecule has 1 aromatic carbocycles. The molecule has 0 aromatic heterocycles. The largest absolute Gasteiger partial charge is 0.396 e. The Hall–Kier alpha value is -1.75. The van der Waals surface area contributed by atoms with Crippen LogP contribution in [0.1, 0.15) is 19.8 Å². The van der Waals surface area contributed by atoms with E-state index < -0.39 is 0 Å². The average Bonchev–Trinajstić information content (AvgIpc) is 2.54. The summed E-state index contributed by atoms with van der Waals surface area (Å²) < 4.78 is 0. The van der Waals surface area contributed by atoms with Crippen LogP contribution in [-0.2, 0) is 0 Å². The fourth-order valence-corrected chi connectivity index (χ4v) is 2.58. The van der Waals surface area contributed by atoms with E-state index in [9.17, 15) is 4.79 Å². The Balaban J connectivity index is 1.77. The number of piperazine rings is 1. The molecule has 1 aromatic rings. The van der Waals surface area contributed by atoms with Crippen LogP contribution in [0.5, 0.6) is 0 Å². The lowest BCUT2D eigenvalue weighted by molar-refractivity contribution is 0.189. The van der Waals surface area contributed by atoms with Crippen molar-refractivity contribution >= 4 is 11.7 Å². The van der Waals surface area contributed by atoms with Crippen molar-refractivity contribution in [3.63, 3.8) is 0 Å². The predicted octanol–water partition coefficient (Wildman–Crippen LogP) is 1.68. The summed E-state index contributed by atoms with van der Waals surface area (Å²) >= 11 is 0. The second-order valence-electron chi connectivity index (χ2n) is 5.53. The number of anilines is 1. The Bertz CT molecular complexity index is 430. The summed E-state index contributed by atoms with van der Waals surface area (Å²) in [6.07, 6.45) is 1.54. The number of para-hydroxylation sites is 1. The topological polar surface area (TPSA) is 55.8 Å². The van der Waals surface area contributed by atoms with Crippen molar-refractivity contribution in [3.8, 4) is 0 Å². The van der Waals surface area contributed by atoms with E-state index in [1.165, 1.54) is 5.69 Å². The van der Waals surface area contributed by atoms with E-state index in [2.05, 4.69) is 22.3 Å². The van der Waals surface area contributed by atoms with Gasteiger partial charge in [-0.1, -0.05) is 18.2 Å². The minimum atomic E-state index is 0.00755. The average molecular weight is 291 g/mol. The van der Waals surface area contributed by atoms with Gasteiger partial charge >= 0.3 is 6.03 Å². The number of urea groups is 1. The van der Waals surface area contributed by atoms with E-state index in [4.69, 9.17) is 5.11 Å². The number of hydrogen-bond donors (Lipinski definition) is 2. The van der Waals surface area contributed by atoms with Crippen LogP contribution < -0.4 is 10.2 Å². The first-order chi connectivity index (χ1) is 10.2. The summed E-state index contributed by atoms with van der Waals surface area (Å²) in [5, 5.41) is 11.8. The van der Waals surface area contributed by atoms with Gasteiger partial charge in [0.2, 0.25) is 0 Å². The van der Waals surface area contributed by atoms with Gasteiger partial charge in [-0.2, -0.15) is 0 Å². The second-order valence-corrected chi connectivity index (χ2v) is 5.53. The van der Waals surface area contributed by atoms with E-state index in [1.807, 2.05) is 30.0 Å². The van der Waals surface area contributed by atoms with Gasteiger partial charge < -0.3 is 20.2 Å². The molecule has 1 saturated heterocycles. The lowest BCUT2D eigenvalue weighted by Crippen LogP contribution is -2.53. The van der Waals surface area contributed by atoms with Crippen LogP contribution in [-0.4, -0.2) is 54.9 Å². The molecule has 0 aliphatic carbocycles. The van der Waals surface area contributed by atoms with E-state index in [1.54, 1.807) is 0 Å². The van der Waals surface area contributed by atoms with Gasteiger partial charge in [-0.25, -0.2) is 4.79 Å². The third kappa shape index (κ3) is 4.63. The van der Waals surface area contributed by atoms with Gasteiger partial charge in [-0.15, -0.1) is 0 Å². The molecule has 1 heterocycles. The number of nitrogens with one attached hydrogen (secondary N) is 1. The molecule has 2 rings (SSSR count). The lowest BCUT2D eigenvalue weighted by Gasteiger charge is -2.36. The minimum Gasteiger partial charge on any atom is -0.396 e. The summed E-state index contributed by atoms with van der Waals surface area (Å²) in [6, 6.07) is 10.4. The maximum absolute atomic E-state index is 12.1. The predicted molar refractivity (Wildman–Crippen MR) is 84.5 cm³/mol. The fraction of sp³-hybridized carbons (Fsp3) is 0.562. The first kappa shape index (κ1) is 15.6. The van der Waals surface area contributed by atoms with Crippen molar-refractivity contribution in [1.82, 2.24) is 10.2 Å². The molecule has 1 unspecified atom stereocenters. The third-order valence-electron chi connectivity index (χ3n) is 3.85. The Kier molecular flexibility index (Phi) is 5.87. The van der Waals surface area contributed by atoms with Crippen molar-refractivity contribution in [1.29, 1.82) is 0 Å². The zero-order chi connectivity index (χ0) is 15.1. The highest BCUT2D eigenvalue weighted by molar-refractivity contribution is 5.74. The first-order valence-corrected chi connectivity index (χ1v) is 7.67. The van der Waals surface area contributed by atoms with Gasteiger partial charge in [-0.05, 0) is 31.9 Å². The van der Waals surface area contributed by atoms with Gasteiger partial charge in [-0.3, -0.25) is 0 Å². The fourth-order valence-electron chi connectivity index (χ4n) is 2.58. The molecule has 1 aliphatic heterocycles. The van der Waals surface area contributed by atoms with Gasteiger partial charge in [0.25, 0.3) is 0 Å². The zero-order valence-electron chi connectivity index (χ0n) is 12.7. The molecule has 21 heavy (non-hydrogen) atoms. The van der Waals surface area contributed by atoms with E-state index in [0.717, 1.165) is 39.0 Å². The number of aliphatic hydroxyl groups excluding tert-OH is 1. The van der Waals surface area contributed by atoms with E-state index >= 15 is 0 Å². The SMILES string of the molecule is CC(CCCO)NC(=O)N1CCN(c2ccccc2)CC1. The van der Waals surface area contributed by atoms with Crippen LogP contribution >= 0.6 is 0 Å². The summed E-state index contributed by atoms with van der Waals surface area (Å²) in [5.74, 6) is 0. The number of carbonyl (C=O) groups is 1. The molecule has 1 aliphatic rings. The number of aliphatic hydroxyl groups is 1. The van der Waals surface area contributed by atoms with Gasteiger partial charge in [0, 0.05) is 44.5 Å². The zero-order valence-corrected chi connectivity index (χ0v) is 12.7. The summed E-state index contributed by atoms with van der Waals surface area (Å²) in [4.78, 5) is 16.3. The smallest absolute Gasteiger partial charge is 0.317 e. The highest BCUT2D eigenvalue weighted by Gasteiger charge is 2.21. The van der Waals surface area contributed by atoms with Crippen molar-refractivity contribution in [2.45, 2.75) is 25.8 Å². The number of amides is 2. The monoisotopic (exact) mass is 291 g/mol. The van der Waals surface area contributed by atoms with Crippen molar-refractivity contribution in [2.75, 3.05) is 37.7 Å². The van der Waals surface area contributed by atoms with E-state index in [0.29, 0.717) is 0 Å². The number of carbonyl (C=O) groups excluding carboxylic acids is 1. The summed E-state index contributed by atoms with van der Waals surface area (Å²) in [5.41, 5.74) is 1.22. The summed E-state index contributed by atoms with van der Waals surface area (Å²) in [6.45, 7) is 5.37. The Labute approximate surface area is 126 Å². The van der Waals surface area contributed by atoms with Gasteiger partial charge in [0.1, 0.15) is 0 Å². The molecule has 5 heteroatoms. The van der Waals surface area contributed by atoms with Crippen LogP contribution in [0.2, 0.25) is 0 Å². The Morgan fingerprint density at radius 2 is 1.90 bits per heavy atom. The molecule has 2 N–H and O–H groups in total. The lowest BCUT2D eigenvalue weighted by atomic mass is 10.2. The molecule has 116 valence electrons. The quantitative estimate of drug-likeness (QED) is 0.868. The Morgan fingerprint density at radius 1 is 1.24 bits per heavy atom. The van der Waals surface area contributed by atoms with Crippen molar-refractivity contribution < 1.29 is 9.90 Å². The number of hydrogen-bond acceptors (Lipinski definition) is 3. The van der Waals surface area contributed by atoms with Crippen LogP contribution in [0.25, 0.3) is 0 Å². The maximum Gasteiger partial charge on any atom is 0.317 e. The maximum atomic E-state index is 12.1. The van der Waals surface area contributed by atoms with Gasteiger partial charge in [0.15, 0.2) is 0 Å². The molecule has 1 fully saturated rings.